The van der Waals surface area contributed by atoms with Crippen LogP contribution in [0.1, 0.15) is 9.67 Å². The van der Waals surface area contributed by atoms with E-state index in [0.29, 0.717) is 59.6 Å². The van der Waals surface area contributed by atoms with Crippen LogP contribution in [0.25, 0.3) is 10.9 Å². The maximum absolute atomic E-state index is 13.5. The number of benzene rings is 1. The summed E-state index contributed by atoms with van der Waals surface area (Å²) in [4.78, 5) is 45.4. The topological polar surface area (TPSA) is 68.9 Å². The van der Waals surface area contributed by atoms with E-state index in [1.807, 2.05) is 58.4 Å². The molecular weight excluding hydrogens is 462 g/mol. The van der Waals surface area contributed by atoms with Crippen molar-refractivity contribution in [3.8, 4) is 0 Å². The molecule has 0 unspecified atom stereocenters. The van der Waals surface area contributed by atoms with E-state index in [4.69, 9.17) is 11.6 Å². The summed E-state index contributed by atoms with van der Waals surface area (Å²) in [6.45, 7) is 3.15. The Bertz CT molecular complexity index is 1250. The third kappa shape index (κ3) is 4.66. The van der Waals surface area contributed by atoms with Crippen molar-refractivity contribution in [2.75, 3.05) is 58.8 Å². The summed E-state index contributed by atoms with van der Waals surface area (Å²) in [5, 5.41) is 3.19. The van der Waals surface area contributed by atoms with E-state index >= 15 is 0 Å². The molecule has 2 aromatic heterocycles. The fourth-order valence-corrected chi connectivity index (χ4v) is 5.08. The number of halogens is 1. The van der Waals surface area contributed by atoms with Gasteiger partial charge in [0.15, 0.2) is 7.05 Å². The second-order valence-corrected chi connectivity index (χ2v) is 9.76. The summed E-state index contributed by atoms with van der Waals surface area (Å²) in [5.41, 5.74) is 1.10. The van der Waals surface area contributed by atoms with E-state index in [-0.39, 0.29) is 17.2 Å². The summed E-state index contributed by atoms with van der Waals surface area (Å²) in [6.07, 6.45) is 0. The number of likely N-dealkylation sites (N-methyl/N-ethyl adjacent to an activating group) is 1. The lowest BCUT2D eigenvalue weighted by Crippen LogP contribution is -2.49. The molecular formula is C23H27ClN5O3S+. The predicted molar refractivity (Wildman–Crippen MR) is 133 cm³/mol. The molecule has 33 heavy (non-hydrogen) atoms. The van der Waals surface area contributed by atoms with Gasteiger partial charge in [-0.15, -0.1) is 11.3 Å². The van der Waals surface area contributed by atoms with Gasteiger partial charge in [-0.1, -0.05) is 17.7 Å². The normalized spacial score (nSPS) is 14.3. The number of carbonyl (C=O) groups is 1. The highest BCUT2D eigenvalue weighted by Gasteiger charge is 2.32. The Kier molecular flexibility index (Phi) is 6.83. The first-order chi connectivity index (χ1) is 15.8. The molecule has 0 N–H and O–H groups in total. The zero-order chi connectivity index (χ0) is 23.7. The molecule has 0 bridgehead atoms. The van der Waals surface area contributed by atoms with Crippen LogP contribution in [-0.4, -0.2) is 78.9 Å². The molecule has 3 aromatic rings. The molecule has 0 atom stereocenters. The fourth-order valence-electron chi connectivity index (χ4n) is 4.21. The molecule has 1 saturated heterocycles. The van der Waals surface area contributed by atoms with Gasteiger partial charge >= 0.3 is 11.2 Å². The number of rotatable bonds is 6. The van der Waals surface area contributed by atoms with Crippen LogP contribution < -0.4 is 10.5 Å². The van der Waals surface area contributed by atoms with E-state index in [0.717, 1.165) is 10.9 Å². The van der Waals surface area contributed by atoms with E-state index < -0.39 is 0 Å². The molecule has 0 spiro atoms. The number of nitroso groups, excluding NO2 is 1. The number of hydrogen-bond donors (Lipinski definition) is 0. The number of thiophene rings is 1. The van der Waals surface area contributed by atoms with Gasteiger partial charge in [0.05, 0.1) is 10.4 Å². The lowest BCUT2D eigenvalue weighted by molar-refractivity contribution is -0.428. The van der Waals surface area contributed by atoms with Gasteiger partial charge in [-0.3, -0.25) is 9.59 Å². The third-order valence-corrected chi connectivity index (χ3v) is 6.97. The standard InChI is InChI=1S/C23H27ClN5O3S/c1-25(2)8-13-29-18-7-6-16(24)15-17(18)20(21(23(29)31)26(3)32)27-9-11-28(12-10-27)22(30)19-5-4-14-33-19/h4-7,14-15H,8-13H2,1-3H3/q+1. The first-order valence-electron chi connectivity index (χ1n) is 10.8. The van der Waals surface area contributed by atoms with Crippen LogP contribution in [0.4, 0.5) is 11.4 Å². The van der Waals surface area contributed by atoms with E-state index in [1.54, 1.807) is 10.6 Å². The van der Waals surface area contributed by atoms with Crippen LogP contribution in [0.2, 0.25) is 5.02 Å². The number of aromatic nitrogens is 1. The van der Waals surface area contributed by atoms with Crippen molar-refractivity contribution in [3.63, 3.8) is 0 Å². The van der Waals surface area contributed by atoms with E-state index in [2.05, 4.69) is 0 Å². The largest absolute Gasteiger partial charge is 0.362 e. The van der Waals surface area contributed by atoms with Crippen LogP contribution >= 0.6 is 22.9 Å². The van der Waals surface area contributed by atoms with Gasteiger partial charge in [0.1, 0.15) is 5.69 Å². The molecule has 8 nitrogen and oxygen atoms in total. The zero-order valence-corrected chi connectivity index (χ0v) is 20.5. The summed E-state index contributed by atoms with van der Waals surface area (Å²) in [7, 11) is 5.23. The monoisotopic (exact) mass is 488 g/mol. The summed E-state index contributed by atoms with van der Waals surface area (Å²) in [5.74, 6) is 0.0119. The van der Waals surface area contributed by atoms with Crippen molar-refractivity contribution in [2.24, 2.45) is 0 Å². The number of nitrogens with zero attached hydrogens (tertiary/aromatic N) is 5. The Morgan fingerprint density at radius 2 is 1.91 bits per heavy atom. The number of piperazine rings is 1. The Balaban J connectivity index is 1.76. The first-order valence-corrected chi connectivity index (χ1v) is 12.0. The molecule has 1 aliphatic rings. The highest BCUT2D eigenvalue weighted by molar-refractivity contribution is 7.12. The maximum atomic E-state index is 13.5. The van der Waals surface area contributed by atoms with Crippen molar-refractivity contribution in [2.45, 2.75) is 6.54 Å². The van der Waals surface area contributed by atoms with Crippen molar-refractivity contribution in [3.05, 3.63) is 60.9 Å². The molecule has 1 aliphatic heterocycles. The van der Waals surface area contributed by atoms with Gasteiger partial charge in [0.25, 0.3) is 5.91 Å². The average molecular weight is 489 g/mol. The van der Waals surface area contributed by atoms with E-state index in [1.165, 1.54) is 18.4 Å². The van der Waals surface area contributed by atoms with Crippen molar-refractivity contribution in [1.29, 1.82) is 0 Å². The van der Waals surface area contributed by atoms with Crippen LogP contribution in [0.3, 0.4) is 0 Å². The molecule has 0 aliphatic carbocycles. The molecule has 0 saturated carbocycles. The Morgan fingerprint density at radius 1 is 1.18 bits per heavy atom. The van der Waals surface area contributed by atoms with Gasteiger partial charge < -0.3 is 19.3 Å². The summed E-state index contributed by atoms with van der Waals surface area (Å²) < 4.78 is 2.29. The predicted octanol–water partition coefficient (Wildman–Crippen LogP) is 3.28. The first kappa shape index (κ1) is 23.4. The number of amides is 1. The molecule has 3 heterocycles. The third-order valence-electron chi connectivity index (χ3n) is 5.88. The molecule has 10 heteroatoms. The fraction of sp³-hybridized carbons (Fsp3) is 0.391. The Labute approximate surface area is 201 Å². The zero-order valence-electron chi connectivity index (χ0n) is 19.0. The smallest absolute Gasteiger partial charge is 0.344 e. The van der Waals surface area contributed by atoms with Gasteiger partial charge in [-0.05, 0) is 43.7 Å². The second kappa shape index (κ2) is 9.62. The van der Waals surface area contributed by atoms with Crippen LogP contribution in [0.15, 0.2) is 40.5 Å². The van der Waals surface area contributed by atoms with Crippen molar-refractivity contribution >= 4 is 51.1 Å². The van der Waals surface area contributed by atoms with Gasteiger partial charge in [0.2, 0.25) is 0 Å². The van der Waals surface area contributed by atoms with Crippen LogP contribution in [0, 0.1) is 4.91 Å². The molecule has 0 radical (unpaired) electrons. The molecule has 4 rings (SSSR count). The molecule has 1 aromatic carbocycles. The molecule has 1 amide bonds. The SMILES string of the molecule is CN(C)CCn1c(=O)c([N+](C)=O)c(N2CCN(C(=O)c3cccs3)CC2)c2cc(Cl)ccc21. The van der Waals surface area contributed by atoms with Crippen molar-refractivity contribution in [1.82, 2.24) is 14.4 Å². The Hall–Kier alpha value is -2.75. The van der Waals surface area contributed by atoms with Gasteiger partial charge in [-0.2, -0.15) is 0 Å². The molecule has 174 valence electrons. The quantitative estimate of drug-likeness (QED) is 0.498. The number of fused-ring (bicyclic) bond motifs is 1. The Morgan fingerprint density at radius 3 is 2.52 bits per heavy atom. The summed E-state index contributed by atoms with van der Waals surface area (Å²) in [6, 6.07) is 9.10. The van der Waals surface area contributed by atoms with E-state index in [9.17, 15) is 14.5 Å². The van der Waals surface area contributed by atoms with Crippen LogP contribution in [0.5, 0.6) is 0 Å². The minimum absolute atomic E-state index is 0.0119. The number of pyridine rings is 1. The van der Waals surface area contributed by atoms with Crippen LogP contribution in [-0.2, 0) is 6.54 Å². The number of hydrogen-bond acceptors (Lipinski definition) is 6. The molecule has 1 fully saturated rings. The summed E-state index contributed by atoms with van der Waals surface area (Å²) >= 11 is 7.77. The minimum atomic E-state index is -0.323. The van der Waals surface area contributed by atoms with Crippen molar-refractivity contribution < 1.29 is 9.55 Å². The lowest BCUT2D eigenvalue weighted by Gasteiger charge is -2.36. The van der Waals surface area contributed by atoms with Gasteiger partial charge in [0, 0.05) is 59.3 Å². The second-order valence-electron chi connectivity index (χ2n) is 8.37. The highest BCUT2D eigenvalue weighted by atomic mass is 35.5. The average Bonchev–Trinajstić information content (AvgIpc) is 3.32. The number of carbonyl (C=O) groups excluding carboxylic acids is 1. The number of anilines is 1. The highest BCUT2D eigenvalue weighted by Crippen LogP contribution is 2.35. The minimum Gasteiger partial charge on any atom is -0.362 e. The maximum Gasteiger partial charge on any atom is 0.344 e. The lowest BCUT2D eigenvalue weighted by atomic mass is 10.1. The van der Waals surface area contributed by atoms with Gasteiger partial charge in [-0.25, -0.2) is 0 Å².